The maximum absolute atomic E-state index is 6.29. The van der Waals surface area contributed by atoms with Gasteiger partial charge >= 0.3 is 7.12 Å². The third-order valence-corrected chi connectivity index (χ3v) is 5.01. The van der Waals surface area contributed by atoms with Crippen molar-refractivity contribution in [1.82, 2.24) is 5.43 Å². The summed E-state index contributed by atoms with van der Waals surface area (Å²) in [6, 6.07) is 3.79. The van der Waals surface area contributed by atoms with Crippen LogP contribution >= 0.6 is 11.6 Å². The first-order chi connectivity index (χ1) is 9.64. The Morgan fingerprint density at radius 2 is 1.81 bits per heavy atom. The Kier molecular flexibility index (Phi) is 3.32. The highest BCUT2D eigenvalue weighted by molar-refractivity contribution is 6.64. The first-order valence-corrected chi connectivity index (χ1v) is 7.45. The van der Waals surface area contributed by atoms with E-state index >= 15 is 0 Å². The first-order valence-electron chi connectivity index (χ1n) is 7.07. The second-order valence-electron chi connectivity index (χ2n) is 6.65. The molecule has 0 amide bonds. The van der Waals surface area contributed by atoms with Crippen LogP contribution < -0.4 is 21.6 Å². The minimum Gasteiger partial charge on any atom is -0.399 e. The monoisotopic (exact) mass is 309 g/mol. The van der Waals surface area contributed by atoms with Crippen LogP contribution in [0.4, 0.5) is 5.69 Å². The third-order valence-electron chi connectivity index (χ3n) is 4.68. The van der Waals surface area contributed by atoms with Gasteiger partial charge in [0, 0.05) is 23.1 Å². The van der Waals surface area contributed by atoms with E-state index in [1.165, 1.54) is 0 Å². The summed E-state index contributed by atoms with van der Waals surface area (Å²) in [5.74, 6) is 0. The van der Waals surface area contributed by atoms with E-state index in [1.54, 1.807) is 0 Å². The summed E-state index contributed by atoms with van der Waals surface area (Å²) in [5.41, 5.74) is 11.2. The Morgan fingerprint density at radius 3 is 2.38 bits per heavy atom. The third kappa shape index (κ3) is 2.17. The van der Waals surface area contributed by atoms with Gasteiger partial charge in [-0.25, -0.2) is 5.43 Å². The van der Waals surface area contributed by atoms with E-state index in [1.807, 2.05) is 51.9 Å². The highest BCUT2D eigenvalue weighted by Crippen LogP contribution is 2.39. The number of fused-ring (bicyclic) bond motifs is 1. The summed E-state index contributed by atoms with van der Waals surface area (Å²) in [6.45, 7) is 8.15. The molecule has 1 aromatic rings. The van der Waals surface area contributed by atoms with Crippen molar-refractivity contribution in [2.45, 2.75) is 45.1 Å². The van der Waals surface area contributed by atoms with Crippen LogP contribution in [0.5, 0.6) is 0 Å². The van der Waals surface area contributed by atoms with Gasteiger partial charge in [-0.15, -0.1) is 0 Å². The summed E-state index contributed by atoms with van der Waals surface area (Å²) < 4.78 is 12.3. The number of hydrogen-bond donors (Lipinski definition) is 2. The molecule has 0 saturated carbocycles. The Balaban J connectivity index is 2.07. The molecule has 1 aromatic carbocycles. The fraction of sp³-hybridized carbons (Fsp3) is 0.571. The number of hydrogen-bond acceptors (Lipinski definition) is 5. The topological polar surface area (TPSA) is 59.8 Å². The molecule has 0 aliphatic carbocycles. The zero-order chi connectivity index (χ0) is 15.6. The Hall–Kier alpha value is -0.785. The van der Waals surface area contributed by atoms with Gasteiger partial charge in [-0.2, -0.15) is 0 Å². The number of nitrogens with zero attached hydrogens (tertiary/aromatic N) is 1. The zero-order valence-corrected chi connectivity index (χ0v) is 13.8. The van der Waals surface area contributed by atoms with Crippen LogP contribution in [-0.4, -0.2) is 25.4 Å². The second kappa shape index (κ2) is 4.60. The number of halogens is 1. The lowest BCUT2D eigenvalue weighted by Crippen LogP contribution is -2.41. The molecule has 2 heterocycles. The molecule has 1 unspecified atom stereocenters. The average molecular weight is 310 g/mol. The highest BCUT2D eigenvalue weighted by Gasteiger charge is 2.53. The highest BCUT2D eigenvalue weighted by atomic mass is 35.5. The van der Waals surface area contributed by atoms with Crippen molar-refractivity contribution < 1.29 is 9.31 Å². The van der Waals surface area contributed by atoms with Gasteiger partial charge in [0.15, 0.2) is 0 Å². The lowest BCUT2D eigenvalue weighted by molar-refractivity contribution is 0.00578. The predicted octanol–water partition coefficient (Wildman–Crippen LogP) is 1.55. The molecule has 114 valence electrons. The molecule has 2 aliphatic rings. The maximum atomic E-state index is 6.29. The number of benzene rings is 1. The SMILES string of the molecule is CN1NC(N)c2c(Cl)ccc(B3OC(C)(C)C(C)(C)O3)c21. The first kappa shape index (κ1) is 15.1. The molecular weight excluding hydrogens is 288 g/mol. The molecule has 5 nitrogen and oxygen atoms in total. The van der Waals surface area contributed by atoms with Gasteiger partial charge in [-0.1, -0.05) is 17.7 Å². The van der Waals surface area contributed by atoms with Gasteiger partial charge in [-0.05, 0) is 33.8 Å². The van der Waals surface area contributed by atoms with Gasteiger partial charge in [0.2, 0.25) is 0 Å². The largest absolute Gasteiger partial charge is 0.497 e. The van der Waals surface area contributed by atoms with E-state index in [9.17, 15) is 0 Å². The smallest absolute Gasteiger partial charge is 0.399 e. The Labute approximate surface area is 130 Å². The van der Waals surface area contributed by atoms with Crippen LogP contribution in [-0.2, 0) is 9.31 Å². The number of nitrogens with one attached hydrogen (secondary N) is 1. The lowest BCUT2D eigenvalue weighted by atomic mass is 9.76. The van der Waals surface area contributed by atoms with Crippen molar-refractivity contribution in [2.24, 2.45) is 5.73 Å². The number of rotatable bonds is 1. The molecule has 3 N–H and O–H groups in total. The van der Waals surface area contributed by atoms with Gasteiger partial charge in [0.25, 0.3) is 0 Å². The summed E-state index contributed by atoms with van der Waals surface area (Å²) in [4.78, 5) is 0. The molecule has 0 aromatic heterocycles. The van der Waals surface area contributed by atoms with E-state index in [-0.39, 0.29) is 17.4 Å². The summed E-state index contributed by atoms with van der Waals surface area (Å²) in [6.07, 6.45) is -0.320. The van der Waals surface area contributed by atoms with Crippen LogP contribution in [0.15, 0.2) is 12.1 Å². The molecular formula is C14H21BClN3O2. The van der Waals surface area contributed by atoms with Crippen LogP contribution in [0, 0.1) is 0 Å². The van der Waals surface area contributed by atoms with Crippen molar-refractivity contribution in [3.8, 4) is 0 Å². The summed E-state index contributed by atoms with van der Waals surface area (Å²) in [5, 5.41) is 2.53. The van der Waals surface area contributed by atoms with Crippen molar-refractivity contribution in [1.29, 1.82) is 0 Å². The fourth-order valence-corrected chi connectivity index (χ4v) is 3.04. The van der Waals surface area contributed by atoms with Gasteiger partial charge in [0.1, 0.15) is 6.17 Å². The molecule has 1 saturated heterocycles. The zero-order valence-electron chi connectivity index (χ0n) is 13.0. The van der Waals surface area contributed by atoms with Crippen LogP contribution in [0.25, 0.3) is 0 Å². The summed E-state index contributed by atoms with van der Waals surface area (Å²) >= 11 is 6.29. The molecule has 0 bridgehead atoms. The van der Waals surface area contributed by atoms with Crippen LogP contribution in [0.3, 0.4) is 0 Å². The minimum absolute atomic E-state index is 0.320. The number of nitrogens with two attached hydrogens (primary N) is 1. The van der Waals surface area contributed by atoms with Gasteiger partial charge in [-0.3, -0.25) is 0 Å². The molecule has 7 heteroatoms. The minimum atomic E-state index is -0.435. The second-order valence-corrected chi connectivity index (χ2v) is 7.06. The average Bonchev–Trinajstić information content (AvgIpc) is 2.75. The number of hydrazine groups is 1. The molecule has 21 heavy (non-hydrogen) atoms. The predicted molar refractivity (Wildman–Crippen MR) is 85.6 cm³/mol. The maximum Gasteiger partial charge on any atom is 0.497 e. The standard InChI is InChI=1S/C14H21BClN3O2/c1-13(2)14(3,4)21-15(20-13)8-6-7-9(16)10-11(8)19(5)18-12(10)17/h6-7,12,18H,17H2,1-5H3. The van der Waals surface area contributed by atoms with Crippen LogP contribution in [0.1, 0.15) is 39.4 Å². The number of anilines is 1. The molecule has 2 aliphatic heterocycles. The van der Waals surface area contributed by atoms with Gasteiger partial charge < -0.3 is 20.1 Å². The van der Waals surface area contributed by atoms with E-state index < -0.39 is 7.12 Å². The van der Waals surface area contributed by atoms with Crippen molar-refractivity contribution in [3.63, 3.8) is 0 Å². The molecule has 3 rings (SSSR count). The summed E-state index contributed by atoms with van der Waals surface area (Å²) in [7, 11) is 1.48. The van der Waals surface area contributed by atoms with Crippen LogP contribution in [0.2, 0.25) is 5.02 Å². The molecule has 0 spiro atoms. The molecule has 1 atom stereocenters. The Bertz CT molecular complexity index is 578. The van der Waals surface area contributed by atoms with E-state index in [2.05, 4.69) is 5.43 Å². The normalized spacial score (nSPS) is 26.3. The molecule has 0 radical (unpaired) electrons. The quantitative estimate of drug-likeness (QED) is 0.771. The van der Waals surface area contributed by atoms with Gasteiger partial charge in [0.05, 0.1) is 16.9 Å². The van der Waals surface area contributed by atoms with Crippen molar-refractivity contribution >= 4 is 29.9 Å². The lowest BCUT2D eigenvalue weighted by Gasteiger charge is -2.32. The molecule has 1 fully saturated rings. The van der Waals surface area contributed by atoms with Crippen molar-refractivity contribution in [3.05, 3.63) is 22.7 Å². The Morgan fingerprint density at radius 1 is 1.24 bits per heavy atom. The van der Waals surface area contributed by atoms with Crippen molar-refractivity contribution in [2.75, 3.05) is 12.1 Å². The van der Waals surface area contributed by atoms with E-state index in [0.717, 1.165) is 16.7 Å². The fourth-order valence-electron chi connectivity index (χ4n) is 2.77. The van der Waals surface area contributed by atoms with E-state index in [4.69, 9.17) is 26.6 Å². The van der Waals surface area contributed by atoms with E-state index in [0.29, 0.717) is 5.02 Å².